The van der Waals surface area contributed by atoms with Gasteiger partial charge < -0.3 is 10.1 Å². The van der Waals surface area contributed by atoms with Crippen molar-refractivity contribution in [3.63, 3.8) is 0 Å². The number of nitrogens with zero attached hydrogens (tertiary/aromatic N) is 4. The van der Waals surface area contributed by atoms with E-state index >= 15 is 0 Å². The highest BCUT2D eigenvalue weighted by Gasteiger charge is 2.39. The van der Waals surface area contributed by atoms with Crippen molar-refractivity contribution >= 4 is 17.4 Å². The fraction of sp³-hybridized carbons (Fsp3) is 0.261. The highest BCUT2D eigenvalue weighted by molar-refractivity contribution is 6.00. The second-order valence-corrected chi connectivity index (χ2v) is 8.00. The number of anilines is 1. The maximum absolute atomic E-state index is 13.4. The summed E-state index contributed by atoms with van der Waals surface area (Å²) in [6.07, 6.45) is 1.03. The number of fused-ring (bicyclic) bond motifs is 1. The number of benzene rings is 2. The van der Waals surface area contributed by atoms with Gasteiger partial charge >= 0.3 is 0 Å². The van der Waals surface area contributed by atoms with Crippen LogP contribution >= 0.6 is 0 Å². The van der Waals surface area contributed by atoms with Gasteiger partial charge in [-0.05, 0) is 54.7 Å². The highest BCUT2D eigenvalue weighted by atomic mass is 16.6. The Hall–Kier alpha value is -4.01. The van der Waals surface area contributed by atoms with E-state index < -0.39 is 11.0 Å². The van der Waals surface area contributed by atoms with E-state index in [0.717, 1.165) is 22.6 Å². The molecule has 0 saturated heterocycles. The van der Waals surface area contributed by atoms with Crippen molar-refractivity contribution in [3.05, 3.63) is 86.9 Å². The Labute approximate surface area is 183 Å². The molecule has 1 N–H and O–H groups in total. The molecule has 5 rings (SSSR count). The van der Waals surface area contributed by atoms with Gasteiger partial charge in [0.05, 0.1) is 12.0 Å². The van der Waals surface area contributed by atoms with E-state index in [1.165, 1.54) is 12.1 Å². The van der Waals surface area contributed by atoms with Crippen LogP contribution in [0.4, 0.5) is 11.6 Å². The number of aryl methyl sites for hydroxylation is 1. The van der Waals surface area contributed by atoms with Crippen LogP contribution in [-0.4, -0.2) is 32.6 Å². The molecule has 1 aliphatic carbocycles. The first-order valence-electron chi connectivity index (χ1n) is 10.3. The Balaban J connectivity index is 1.56. The molecule has 3 aromatic rings. The standard InChI is InChI=1S/C23H21N5O4/c1-13-24-23-25-19-11-16(14-5-9-18(32-2)10-6-14)12-20(29)21(19)22(27(23)26-13)15-3-7-17(8-4-15)28(30)31/h3-10,16,22H,11-12H2,1-2H3,(H,24,25,26)/t16-,22-/m1/s1. The highest BCUT2D eigenvalue weighted by Crippen LogP contribution is 2.44. The predicted octanol–water partition coefficient (Wildman–Crippen LogP) is 3.92. The van der Waals surface area contributed by atoms with Crippen LogP contribution in [0, 0.1) is 17.0 Å². The summed E-state index contributed by atoms with van der Waals surface area (Å²) in [4.78, 5) is 28.5. The number of nitro groups is 1. The van der Waals surface area contributed by atoms with Crippen LogP contribution < -0.4 is 10.1 Å². The first-order valence-corrected chi connectivity index (χ1v) is 10.3. The summed E-state index contributed by atoms with van der Waals surface area (Å²) >= 11 is 0. The molecule has 9 heteroatoms. The lowest BCUT2D eigenvalue weighted by Gasteiger charge is -2.35. The minimum atomic E-state index is -0.479. The minimum absolute atomic E-state index is 0.00132. The quantitative estimate of drug-likeness (QED) is 0.492. The van der Waals surface area contributed by atoms with E-state index in [-0.39, 0.29) is 17.4 Å². The van der Waals surface area contributed by atoms with Gasteiger partial charge in [-0.3, -0.25) is 14.9 Å². The van der Waals surface area contributed by atoms with Crippen LogP contribution in [0.25, 0.3) is 0 Å². The van der Waals surface area contributed by atoms with E-state index in [9.17, 15) is 14.9 Å². The van der Waals surface area contributed by atoms with Crippen LogP contribution in [0.15, 0.2) is 59.8 Å². The fourth-order valence-electron chi connectivity index (χ4n) is 4.52. The molecule has 0 spiro atoms. The molecule has 0 fully saturated rings. The normalized spacial score (nSPS) is 19.8. The fourth-order valence-corrected chi connectivity index (χ4v) is 4.52. The summed E-state index contributed by atoms with van der Waals surface area (Å²) in [7, 11) is 1.62. The van der Waals surface area contributed by atoms with Gasteiger partial charge in [0.1, 0.15) is 17.6 Å². The van der Waals surface area contributed by atoms with Crippen LogP contribution in [0.3, 0.4) is 0 Å². The molecule has 2 heterocycles. The number of aromatic nitrogens is 3. The van der Waals surface area contributed by atoms with E-state index in [1.54, 1.807) is 30.8 Å². The Morgan fingerprint density at radius 1 is 1.09 bits per heavy atom. The number of hydrogen-bond donors (Lipinski definition) is 1. The summed E-state index contributed by atoms with van der Waals surface area (Å²) in [5, 5.41) is 18.9. The van der Waals surface area contributed by atoms with Gasteiger partial charge in [0.15, 0.2) is 5.78 Å². The van der Waals surface area contributed by atoms with Gasteiger partial charge in [-0.1, -0.05) is 12.1 Å². The van der Waals surface area contributed by atoms with Gasteiger partial charge in [-0.15, -0.1) is 0 Å². The SMILES string of the molecule is COc1ccc([C@H]2CC(=O)C3=C(C2)Nc2nc(C)nn2[C@@H]3c2ccc([N+](=O)[O-])cc2)cc1. The third-order valence-corrected chi connectivity index (χ3v) is 6.03. The molecular weight excluding hydrogens is 410 g/mol. The Bertz CT molecular complexity index is 1240. The third-order valence-electron chi connectivity index (χ3n) is 6.03. The van der Waals surface area contributed by atoms with Crippen molar-refractivity contribution in [1.29, 1.82) is 0 Å². The van der Waals surface area contributed by atoms with Gasteiger partial charge in [-0.25, -0.2) is 4.68 Å². The number of allylic oxidation sites excluding steroid dienone is 2. The predicted molar refractivity (Wildman–Crippen MR) is 117 cm³/mol. The number of nitrogens with one attached hydrogen (secondary N) is 1. The van der Waals surface area contributed by atoms with Crippen molar-refractivity contribution in [2.24, 2.45) is 0 Å². The number of methoxy groups -OCH3 is 1. The number of hydrogen-bond acceptors (Lipinski definition) is 7. The summed E-state index contributed by atoms with van der Waals surface area (Å²) in [5.41, 5.74) is 3.29. The molecule has 2 aliphatic rings. The van der Waals surface area contributed by atoms with Crippen LogP contribution in [0.1, 0.15) is 41.8 Å². The molecule has 0 radical (unpaired) electrons. The Morgan fingerprint density at radius 2 is 1.78 bits per heavy atom. The minimum Gasteiger partial charge on any atom is -0.497 e. The maximum Gasteiger partial charge on any atom is 0.269 e. The average Bonchev–Trinajstić information content (AvgIpc) is 3.17. The molecule has 1 aliphatic heterocycles. The van der Waals surface area contributed by atoms with Gasteiger partial charge in [0.25, 0.3) is 5.69 Å². The Kier molecular flexibility index (Phi) is 4.73. The molecule has 1 aromatic heterocycles. The number of carbonyl (C=O) groups excluding carboxylic acids is 1. The molecule has 9 nitrogen and oxygen atoms in total. The molecule has 0 saturated carbocycles. The summed E-state index contributed by atoms with van der Waals surface area (Å²) in [5.74, 6) is 1.98. The van der Waals surface area contributed by atoms with Crippen LogP contribution in [-0.2, 0) is 4.79 Å². The molecule has 0 bridgehead atoms. The van der Waals surface area contributed by atoms with E-state index in [4.69, 9.17) is 4.74 Å². The largest absolute Gasteiger partial charge is 0.497 e. The van der Waals surface area contributed by atoms with Gasteiger partial charge in [0, 0.05) is 29.8 Å². The lowest BCUT2D eigenvalue weighted by molar-refractivity contribution is -0.384. The van der Waals surface area contributed by atoms with Crippen molar-refractivity contribution in [1.82, 2.24) is 14.8 Å². The monoisotopic (exact) mass is 431 g/mol. The Morgan fingerprint density at radius 3 is 2.44 bits per heavy atom. The van der Waals surface area contributed by atoms with E-state index in [2.05, 4.69) is 15.4 Å². The molecular formula is C23H21N5O4. The van der Waals surface area contributed by atoms with Crippen LogP contribution in [0.2, 0.25) is 0 Å². The molecule has 32 heavy (non-hydrogen) atoms. The molecule has 162 valence electrons. The van der Waals surface area contributed by atoms with Crippen molar-refractivity contribution in [3.8, 4) is 5.75 Å². The lowest BCUT2D eigenvalue weighted by atomic mass is 9.78. The maximum atomic E-state index is 13.4. The lowest BCUT2D eigenvalue weighted by Crippen LogP contribution is -2.33. The number of nitro benzene ring substituents is 1. The zero-order valence-electron chi connectivity index (χ0n) is 17.6. The molecule has 2 aromatic carbocycles. The molecule has 0 unspecified atom stereocenters. The molecule has 2 atom stereocenters. The first kappa shape index (κ1) is 19.9. The number of rotatable bonds is 4. The second-order valence-electron chi connectivity index (χ2n) is 8.00. The second kappa shape index (κ2) is 7.60. The number of non-ortho nitro benzene ring substituents is 1. The zero-order chi connectivity index (χ0) is 22.4. The number of ketones is 1. The van der Waals surface area contributed by atoms with Crippen molar-refractivity contribution in [2.75, 3.05) is 12.4 Å². The van der Waals surface area contributed by atoms with Crippen molar-refractivity contribution in [2.45, 2.75) is 31.7 Å². The zero-order valence-corrected chi connectivity index (χ0v) is 17.6. The average molecular weight is 431 g/mol. The van der Waals surface area contributed by atoms with Crippen molar-refractivity contribution < 1.29 is 14.5 Å². The number of Topliss-reactive ketones (excluding diaryl/α,β-unsaturated/α-hetero) is 1. The third kappa shape index (κ3) is 3.31. The summed E-state index contributed by atoms with van der Waals surface area (Å²) in [6, 6.07) is 13.6. The summed E-state index contributed by atoms with van der Waals surface area (Å²) in [6.45, 7) is 1.79. The number of ether oxygens (including phenoxy) is 1. The molecule has 0 amide bonds. The summed E-state index contributed by atoms with van der Waals surface area (Å²) < 4.78 is 6.94. The van der Waals surface area contributed by atoms with Gasteiger partial charge in [0.2, 0.25) is 5.95 Å². The smallest absolute Gasteiger partial charge is 0.269 e. The number of carbonyl (C=O) groups is 1. The van der Waals surface area contributed by atoms with Crippen LogP contribution in [0.5, 0.6) is 5.75 Å². The topological polar surface area (TPSA) is 112 Å². The van der Waals surface area contributed by atoms with E-state index in [1.807, 2.05) is 24.3 Å². The van der Waals surface area contributed by atoms with E-state index in [0.29, 0.717) is 30.2 Å². The van der Waals surface area contributed by atoms with Gasteiger partial charge in [-0.2, -0.15) is 10.1 Å². The first-order chi connectivity index (χ1) is 15.4.